The van der Waals surface area contributed by atoms with E-state index >= 15 is 0 Å². The second-order valence-electron chi connectivity index (χ2n) is 2.08. The number of ether oxygens (including phenoxy) is 2. The van der Waals surface area contributed by atoms with Crippen LogP contribution in [0.15, 0.2) is 0 Å². The summed E-state index contributed by atoms with van der Waals surface area (Å²) in [5, 5.41) is 8.74. The SMILES string of the molecule is CCOC(C#N)(CC)OCC. The molecule has 0 N–H and O–H groups in total. The zero-order chi connectivity index (χ0) is 8.74. The summed E-state index contributed by atoms with van der Waals surface area (Å²) < 4.78 is 10.4. The molecule has 0 unspecified atom stereocenters. The van der Waals surface area contributed by atoms with Crippen LogP contribution in [0.2, 0.25) is 0 Å². The molecule has 3 nitrogen and oxygen atoms in total. The van der Waals surface area contributed by atoms with Crippen molar-refractivity contribution in [1.82, 2.24) is 0 Å². The molecule has 0 rings (SSSR count). The van der Waals surface area contributed by atoms with Crippen LogP contribution in [0.5, 0.6) is 0 Å². The summed E-state index contributed by atoms with van der Waals surface area (Å²) in [7, 11) is 0. The molecule has 0 saturated carbocycles. The molecule has 0 saturated heterocycles. The molecule has 0 heterocycles. The van der Waals surface area contributed by atoms with Gasteiger partial charge in [-0.1, -0.05) is 6.92 Å². The Balaban J connectivity index is 4.11. The molecule has 0 aromatic heterocycles. The average Bonchev–Trinajstić information content (AvgIpc) is 2.04. The summed E-state index contributed by atoms with van der Waals surface area (Å²) >= 11 is 0. The highest BCUT2D eigenvalue weighted by molar-refractivity contribution is 4.92. The van der Waals surface area contributed by atoms with Crippen molar-refractivity contribution in [2.45, 2.75) is 33.0 Å². The zero-order valence-corrected chi connectivity index (χ0v) is 7.39. The van der Waals surface area contributed by atoms with E-state index in [1.54, 1.807) is 0 Å². The molecule has 0 atom stereocenters. The fourth-order valence-electron chi connectivity index (χ4n) is 0.856. The van der Waals surface area contributed by atoms with Crippen molar-refractivity contribution >= 4 is 0 Å². The molecule has 0 spiro atoms. The summed E-state index contributed by atoms with van der Waals surface area (Å²) in [5.41, 5.74) is 0. The van der Waals surface area contributed by atoms with Crippen molar-refractivity contribution in [2.75, 3.05) is 13.2 Å². The van der Waals surface area contributed by atoms with Crippen LogP contribution < -0.4 is 0 Å². The lowest BCUT2D eigenvalue weighted by Gasteiger charge is -2.23. The first-order chi connectivity index (χ1) is 5.24. The Morgan fingerprint density at radius 1 is 1.18 bits per heavy atom. The topological polar surface area (TPSA) is 42.2 Å². The summed E-state index contributed by atoms with van der Waals surface area (Å²) in [6, 6.07) is 2.02. The number of hydrogen-bond acceptors (Lipinski definition) is 3. The molecule has 0 radical (unpaired) electrons. The standard InChI is InChI=1S/C8H15NO2/c1-4-8(7-9,10-5-2)11-6-3/h4-6H2,1-3H3. The quantitative estimate of drug-likeness (QED) is 0.570. The molecule has 0 bridgehead atoms. The monoisotopic (exact) mass is 157 g/mol. The molecule has 11 heavy (non-hydrogen) atoms. The number of hydrogen-bond donors (Lipinski definition) is 0. The Kier molecular flexibility index (Phi) is 4.84. The third-order valence-corrected chi connectivity index (χ3v) is 1.39. The van der Waals surface area contributed by atoms with E-state index in [1.165, 1.54) is 0 Å². The van der Waals surface area contributed by atoms with Gasteiger partial charge >= 0.3 is 0 Å². The van der Waals surface area contributed by atoms with E-state index in [0.717, 1.165) is 0 Å². The summed E-state index contributed by atoms with van der Waals surface area (Å²) in [6.07, 6.45) is 0.561. The first-order valence-electron chi connectivity index (χ1n) is 3.93. The van der Waals surface area contributed by atoms with Crippen LogP contribution >= 0.6 is 0 Å². The second kappa shape index (κ2) is 5.11. The summed E-state index contributed by atoms with van der Waals surface area (Å²) in [6.45, 7) is 6.57. The Labute approximate surface area is 67.9 Å². The Bertz CT molecular complexity index is 134. The third kappa shape index (κ3) is 2.87. The number of nitrogens with zero attached hydrogens (tertiary/aromatic N) is 1. The molecular formula is C8H15NO2. The van der Waals surface area contributed by atoms with Gasteiger partial charge in [-0.2, -0.15) is 5.26 Å². The van der Waals surface area contributed by atoms with Crippen LogP contribution in [0.3, 0.4) is 0 Å². The lowest BCUT2D eigenvalue weighted by molar-refractivity contribution is -0.194. The minimum absolute atomic E-state index is 0.501. The van der Waals surface area contributed by atoms with Crippen LogP contribution in [0.25, 0.3) is 0 Å². The fraction of sp³-hybridized carbons (Fsp3) is 0.875. The average molecular weight is 157 g/mol. The highest BCUT2D eigenvalue weighted by atomic mass is 16.7. The number of nitriles is 1. The van der Waals surface area contributed by atoms with E-state index in [9.17, 15) is 0 Å². The molecular weight excluding hydrogens is 142 g/mol. The van der Waals surface area contributed by atoms with Crippen LogP contribution in [-0.4, -0.2) is 19.0 Å². The molecule has 0 aromatic carbocycles. The maximum absolute atomic E-state index is 8.74. The normalized spacial score (nSPS) is 11.1. The van der Waals surface area contributed by atoms with Gasteiger partial charge in [0.25, 0.3) is 5.79 Å². The molecule has 0 amide bonds. The maximum Gasteiger partial charge on any atom is 0.259 e. The molecule has 0 aromatic rings. The van der Waals surface area contributed by atoms with Crippen molar-refractivity contribution in [3.8, 4) is 6.07 Å². The summed E-state index contributed by atoms with van der Waals surface area (Å²) in [5.74, 6) is -1.01. The van der Waals surface area contributed by atoms with Gasteiger partial charge < -0.3 is 9.47 Å². The van der Waals surface area contributed by atoms with Gasteiger partial charge in [0.15, 0.2) is 0 Å². The maximum atomic E-state index is 8.74. The zero-order valence-electron chi connectivity index (χ0n) is 7.39. The van der Waals surface area contributed by atoms with Gasteiger partial charge in [-0.05, 0) is 13.8 Å². The van der Waals surface area contributed by atoms with Crippen LogP contribution in [0, 0.1) is 11.3 Å². The van der Waals surface area contributed by atoms with E-state index in [0.29, 0.717) is 19.6 Å². The molecule has 3 heteroatoms. The Morgan fingerprint density at radius 3 is 1.82 bits per heavy atom. The van der Waals surface area contributed by atoms with Gasteiger partial charge in [-0.25, -0.2) is 0 Å². The fourth-order valence-corrected chi connectivity index (χ4v) is 0.856. The second-order valence-corrected chi connectivity index (χ2v) is 2.08. The largest absolute Gasteiger partial charge is 0.338 e. The van der Waals surface area contributed by atoms with Gasteiger partial charge in [0.05, 0.1) is 0 Å². The number of rotatable bonds is 5. The van der Waals surface area contributed by atoms with E-state index in [2.05, 4.69) is 0 Å². The highest BCUT2D eigenvalue weighted by Gasteiger charge is 2.28. The summed E-state index contributed by atoms with van der Waals surface area (Å²) in [4.78, 5) is 0. The Hall–Kier alpha value is -0.590. The molecule has 0 aliphatic heterocycles. The van der Waals surface area contributed by atoms with Crippen LogP contribution in [0.1, 0.15) is 27.2 Å². The van der Waals surface area contributed by atoms with Gasteiger partial charge in [0.2, 0.25) is 0 Å². The van der Waals surface area contributed by atoms with Crippen LogP contribution in [-0.2, 0) is 9.47 Å². The first-order valence-corrected chi connectivity index (χ1v) is 3.93. The predicted octanol–water partition coefficient (Wildman–Crippen LogP) is 1.69. The predicted molar refractivity (Wildman–Crippen MR) is 41.9 cm³/mol. The van der Waals surface area contributed by atoms with E-state index in [1.807, 2.05) is 26.8 Å². The van der Waals surface area contributed by atoms with Gasteiger partial charge in [0, 0.05) is 19.6 Å². The van der Waals surface area contributed by atoms with Gasteiger partial charge in [-0.15, -0.1) is 0 Å². The molecule has 0 aliphatic carbocycles. The van der Waals surface area contributed by atoms with Gasteiger partial charge in [-0.3, -0.25) is 0 Å². The lowest BCUT2D eigenvalue weighted by Crippen LogP contribution is -2.33. The molecule has 0 aliphatic rings. The first kappa shape index (κ1) is 10.4. The van der Waals surface area contributed by atoms with Crippen molar-refractivity contribution < 1.29 is 9.47 Å². The smallest absolute Gasteiger partial charge is 0.259 e. The van der Waals surface area contributed by atoms with Crippen LogP contribution in [0.4, 0.5) is 0 Å². The van der Waals surface area contributed by atoms with Crippen molar-refractivity contribution in [3.05, 3.63) is 0 Å². The lowest BCUT2D eigenvalue weighted by atomic mass is 10.2. The van der Waals surface area contributed by atoms with E-state index in [4.69, 9.17) is 14.7 Å². The minimum Gasteiger partial charge on any atom is -0.338 e. The third-order valence-electron chi connectivity index (χ3n) is 1.39. The Morgan fingerprint density at radius 2 is 1.64 bits per heavy atom. The van der Waals surface area contributed by atoms with E-state index < -0.39 is 5.79 Å². The molecule has 64 valence electrons. The van der Waals surface area contributed by atoms with E-state index in [-0.39, 0.29) is 0 Å². The van der Waals surface area contributed by atoms with Gasteiger partial charge in [0.1, 0.15) is 6.07 Å². The van der Waals surface area contributed by atoms with Crippen molar-refractivity contribution in [1.29, 1.82) is 5.26 Å². The minimum atomic E-state index is -1.01. The van der Waals surface area contributed by atoms with Crippen molar-refractivity contribution in [2.24, 2.45) is 0 Å². The molecule has 0 fully saturated rings. The highest BCUT2D eigenvalue weighted by Crippen LogP contribution is 2.16. The van der Waals surface area contributed by atoms with Crippen molar-refractivity contribution in [3.63, 3.8) is 0 Å².